The van der Waals surface area contributed by atoms with Gasteiger partial charge in [-0.05, 0) is 113 Å². The van der Waals surface area contributed by atoms with Gasteiger partial charge >= 0.3 is 6.01 Å². The number of nitrogens with one attached hydrogen (secondary N) is 1. The van der Waals surface area contributed by atoms with Crippen LogP contribution in [0.2, 0.25) is 5.02 Å². The van der Waals surface area contributed by atoms with Gasteiger partial charge in [-0.25, -0.2) is 4.98 Å². The second-order valence-electron chi connectivity index (χ2n) is 19.3. The number of halogens is 1. The van der Waals surface area contributed by atoms with E-state index in [1.807, 2.05) is 55.3 Å². The molecule has 2 aromatic carbocycles. The molecule has 0 saturated carbocycles. The third kappa shape index (κ3) is 11.6. The Labute approximate surface area is 426 Å². The number of fused-ring (bicyclic) bond motifs is 3. The van der Waals surface area contributed by atoms with Crippen molar-refractivity contribution in [3.8, 4) is 23.2 Å². The van der Waals surface area contributed by atoms with Crippen molar-refractivity contribution in [3.63, 3.8) is 0 Å². The maximum Gasteiger partial charge on any atom is 0.318 e. The zero-order valence-electron chi connectivity index (χ0n) is 42.1. The Hall–Kier alpha value is -6.80. The molecule has 6 aromatic rings. The molecular weight excluding hydrogens is 930 g/mol. The van der Waals surface area contributed by atoms with Gasteiger partial charge in [-0.3, -0.25) is 14.4 Å². The lowest BCUT2D eigenvalue weighted by molar-refractivity contribution is -0.130. The van der Waals surface area contributed by atoms with Crippen LogP contribution in [0.1, 0.15) is 74.9 Å². The minimum absolute atomic E-state index is 0.00995. The first-order valence-corrected chi connectivity index (χ1v) is 25.3. The third-order valence-corrected chi connectivity index (χ3v) is 14.5. The number of amides is 2. The van der Waals surface area contributed by atoms with Crippen molar-refractivity contribution in [2.45, 2.75) is 76.9 Å². The molecule has 4 aliphatic rings. The van der Waals surface area contributed by atoms with Crippen LogP contribution < -0.4 is 20.1 Å². The highest BCUT2D eigenvalue weighted by Gasteiger charge is 2.35. The number of H-pyrrole nitrogens is 1. The quantitative estimate of drug-likeness (QED) is 0.0982. The lowest BCUT2D eigenvalue weighted by Crippen LogP contribution is -2.56. The van der Waals surface area contributed by atoms with E-state index in [0.29, 0.717) is 43.7 Å². The van der Waals surface area contributed by atoms with E-state index in [-0.39, 0.29) is 36.6 Å². The van der Waals surface area contributed by atoms with Gasteiger partial charge in [0.2, 0.25) is 6.41 Å². The highest BCUT2D eigenvalue weighted by atomic mass is 35.5. The smallest absolute Gasteiger partial charge is 0.318 e. The number of rotatable bonds is 11. The molecule has 4 aliphatic heterocycles. The van der Waals surface area contributed by atoms with E-state index in [1.165, 1.54) is 38.7 Å². The van der Waals surface area contributed by atoms with Gasteiger partial charge in [-0.1, -0.05) is 42.4 Å². The van der Waals surface area contributed by atoms with Gasteiger partial charge in [0.15, 0.2) is 0 Å². The molecule has 3 saturated heterocycles. The lowest BCUT2D eigenvalue weighted by Gasteiger charge is -2.42. The number of carbonyl (C=O) groups is 2. The average Bonchev–Trinajstić information content (AvgIpc) is 4.08. The summed E-state index contributed by atoms with van der Waals surface area (Å²) in [5.41, 5.74) is 7.54. The molecule has 16 nitrogen and oxygen atoms in total. The molecule has 0 radical (unpaired) electrons. The SMILES string of the molecule is C=C(COC)C(=O)N1CCN(c2nc(OC)nc3c2CCN(c2cccc4cccc(Cl)c24)C3)CC1CC#N.CC(C)n1cc(-c2ccnc3[nH]c(C4CCN(C=O)CC4)cc23)ccc1=O.CN1CCCC1. The molecule has 8 heterocycles. The van der Waals surface area contributed by atoms with Crippen LogP contribution in [-0.2, 0) is 27.3 Å². The number of likely N-dealkylation sites (tertiary alicyclic amines) is 2. The van der Waals surface area contributed by atoms with Crippen molar-refractivity contribution in [2.24, 2.45) is 0 Å². The topological polar surface area (TPSA) is 169 Å². The van der Waals surface area contributed by atoms with Crippen LogP contribution in [0.5, 0.6) is 6.01 Å². The van der Waals surface area contributed by atoms with Crippen LogP contribution >= 0.6 is 11.6 Å². The number of piperidine rings is 1. The molecule has 4 aromatic heterocycles. The highest BCUT2D eigenvalue weighted by Crippen LogP contribution is 2.38. The Morgan fingerprint density at radius 2 is 1.75 bits per heavy atom. The molecule has 378 valence electrons. The van der Waals surface area contributed by atoms with E-state index in [0.717, 1.165) is 106 Å². The van der Waals surface area contributed by atoms with E-state index >= 15 is 0 Å². The second kappa shape index (κ2) is 23.6. The van der Waals surface area contributed by atoms with E-state index in [2.05, 4.69) is 68.6 Å². The summed E-state index contributed by atoms with van der Waals surface area (Å²) in [5, 5.41) is 13.4. The number of aromatic nitrogens is 5. The summed E-state index contributed by atoms with van der Waals surface area (Å²) in [4.78, 5) is 63.8. The first-order valence-electron chi connectivity index (χ1n) is 24.9. The summed E-state index contributed by atoms with van der Waals surface area (Å²) >= 11 is 6.62. The monoisotopic (exact) mass is 995 g/mol. The van der Waals surface area contributed by atoms with E-state index in [9.17, 15) is 19.6 Å². The molecule has 1 atom stereocenters. The molecule has 1 unspecified atom stereocenters. The first kappa shape index (κ1) is 51.6. The maximum atomic E-state index is 13.0. The van der Waals surface area contributed by atoms with Gasteiger partial charge in [-0.2, -0.15) is 15.2 Å². The van der Waals surface area contributed by atoms with Crippen molar-refractivity contribution in [3.05, 3.63) is 118 Å². The van der Waals surface area contributed by atoms with Crippen LogP contribution in [-0.4, -0.2) is 138 Å². The van der Waals surface area contributed by atoms with E-state index in [4.69, 9.17) is 31.0 Å². The fourth-order valence-electron chi connectivity index (χ4n) is 10.3. The summed E-state index contributed by atoms with van der Waals surface area (Å²) in [6.45, 7) is 15.1. The molecule has 3 fully saturated rings. The number of carbonyl (C=O) groups excluding carboxylic acids is 2. The van der Waals surface area contributed by atoms with Gasteiger partial charge < -0.3 is 43.5 Å². The lowest BCUT2D eigenvalue weighted by atomic mass is 9.93. The van der Waals surface area contributed by atoms with Gasteiger partial charge in [0.05, 0.1) is 49.5 Å². The maximum absolute atomic E-state index is 13.0. The predicted octanol–water partition coefficient (Wildman–Crippen LogP) is 8.01. The number of aromatic amines is 1. The number of nitriles is 1. The Kier molecular flexibility index (Phi) is 16.9. The summed E-state index contributed by atoms with van der Waals surface area (Å²) in [6, 6.07) is 22.2. The number of anilines is 2. The van der Waals surface area contributed by atoms with Crippen LogP contribution in [0, 0.1) is 11.3 Å². The number of benzene rings is 2. The summed E-state index contributed by atoms with van der Waals surface area (Å²) < 4.78 is 12.4. The van der Waals surface area contributed by atoms with E-state index < -0.39 is 0 Å². The Morgan fingerprint density at radius 1 is 0.986 bits per heavy atom. The molecular formula is C55H66ClN11O5. The highest BCUT2D eigenvalue weighted by molar-refractivity contribution is 6.36. The zero-order valence-corrected chi connectivity index (χ0v) is 42.9. The normalized spacial score (nSPS) is 17.2. The van der Waals surface area contributed by atoms with Crippen LogP contribution in [0.15, 0.2) is 90.0 Å². The molecule has 10 rings (SSSR count). The predicted molar refractivity (Wildman–Crippen MR) is 284 cm³/mol. The molecule has 0 spiro atoms. The number of methoxy groups -OCH3 is 2. The van der Waals surface area contributed by atoms with Crippen molar-refractivity contribution < 1.29 is 19.1 Å². The largest absolute Gasteiger partial charge is 0.467 e. The molecule has 0 bridgehead atoms. The number of ether oxygens (including phenoxy) is 2. The number of nitrogens with zero attached hydrogens (tertiary/aromatic N) is 10. The fourth-order valence-corrected chi connectivity index (χ4v) is 10.6. The molecule has 2 amide bonds. The van der Waals surface area contributed by atoms with Crippen LogP contribution in [0.4, 0.5) is 11.5 Å². The summed E-state index contributed by atoms with van der Waals surface area (Å²) in [7, 11) is 5.27. The Bertz CT molecular complexity index is 2980. The van der Waals surface area contributed by atoms with Gasteiger partial charge in [-0.15, -0.1) is 0 Å². The minimum Gasteiger partial charge on any atom is -0.467 e. The van der Waals surface area contributed by atoms with Crippen molar-refractivity contribution in [2.75, 3.05) is 90.0 Å². The standard InChI is InChI=1S/C29H31ClN6O3.C21H24N4O2.C5H11N/c1-19(18-38-2)28(37)36-15-14-35(16-21(36)10-12-31)27-22-11-13-34(17-24(22)32-29(33-27)39-3)25-9-5-7-20-6-4-8-23(30)26(20)25;1-14(2)25-12-16(3-4-20(25)27)17-5-8-22-21-18(17)11-19(23-21)15-6-9-24(13-26)10-7-15;1-6-4-2-3-5-6/h4-9,21H,1,10-11,13-18H2,2-3H3;3-5,8,11-15H,6-7,9-10H2,1-2H3,(H,22,23);2-5H2,1H3. The van der Waals surface area contributed by atoms with Gasteiger partial charge in [0, 0.05) is 110 Å². The number of hydrogen-bond acceptors (Lipinski definition) is 12. The van der Waals surface area contributed by atoms with Crippen molar-refractivity contribution >= 4 is 57.2 Å². The first-order chi connectivity index (χ1) is 34.9. The van der Waals surface area contributed by atoms with Gasteiger partial charge in [0.1, 0.15) is 11.5 Å². The Morgan fingerprint density at radius 3 is 2.43 bits per heavy atom. The zero-order chi connectivity index (χ0) is 50.9. The number of piperazine rings is 1. The fraction of sp³-hybridized carbons (Fsp3) is 0.436. The van der Waals surface area contributed by atoms with Crippen LogP contribution in [0.3, 0.4) is 0 Å². The third-order valence-electron chi connectivity index (χ3n) is 14.2. The van der Waals surface area contributed by atoms with Gasteiger partial charge in [0.25, 0.3) is 11.5 Å². The second-order valence-corrected chi connectivity index (χ2v) is 19.7. The minimum atomic E-state index is -0.292. The molecule has 72 heavy (non-hydrogen) atoms. The molecule has 17 heteroatoms. The molecule has 0 aliphatic carbocycles. The van der Waals surface area contributed by atoms with Crippen molar-refractivity contribution in [1.29, 1.82) is 5.26 Å². The molecule has 1 N–H and O–H groups in total. The van der Waals surface area contributed by atoms with Crippen molar-refractivity contribution in [1.82, 2.24) is 39.2 Å². The summed E-state index contributed by atoms with van der Waals surface area (Å²) in [6.07, 6.45) is 10.4. The van der Waals surface area contributed by atoms with Crippen LogP contribution in [0.25, 0.3) is 32.9 Å². The Balaban J connectivity index is 0.000000181. The average molecular weight is 997 g/mol. The van der Waals surface area contributed by atoms with E-state index in [1.54, 1.807) is 28.8 Å². The number of pyridine rings is 2. The number of hydrogen-bond donors (Lipinski definition) is 1. The summed E-state index contributed by atoms with van der Waals surface area (Å²) in [5.74, 6) is 1.04.